The number of urea groups is 1. The molecular weight excluding hydrogens is 278 g/mol. The minimum atomic E-state index is -0.173. The Morgan fingerprint density at radius 2 is 1.91 bits per heavy atom. The molecule has 0 aromatic carbocycles. The third-order valence-electron chi connectivity index (χ3n) is 4.09. The Balaban J connectivity index is 1.39. The zero-order valence-electron chi connectivity index (χ0n) is 13.7. The first-order chi connectivity index (χ1) is 10.7. The first kappa shape index (κ1) is 16.8. The molecule has 1 aliphatic heterocycles. The highest BCUT2D eigenvalue weighted by atomic mass is 16.2. The van der Waals surface area contributed by atoms with Gasteiger partial charge in [-0.3, -0.25) is 10.00 Å². The summed E-state index contributed by atoms with van der Waals surface area (Å²) in [5, 5.41) is 9.69. The van der Waals surface area contributed by atoms with Gasteiger partial charge in [-0.1, -0.05) is 19.3 Å². The van der Waals surface area contributed by atoms with Crippen LogP contribution in [0.1, 0.15) is 44.9 Å². The predicted molar refractivity (Wildman–Crippen MR) is 89.0 cm³/mol. The number of rotatable bonds is 9. The second-order valence-corrected chi connectivity index (χ2v) is 6.07. The van der Waals surface area contributed by atoms with Gasteiger partial charge in [-0.05, 0) is 45.3 Å². The van der Waals surface area contributed by atoms with Crippen LogP contribution in [0.4, 0.5) is 10.6 Å². The molecule has 1 saturated heterocycles. The van der Waals surface area contributed by atoms with Gasteiger partial charge in [0, 0.05) is 25.9 Å². The van der Waals surface area contributed by atoms with Crippen LogP contribution in [0.15, 0.2) is 12.3 Å². The van der Waals surface area contributed by atoms with E-state index in [2.05, 4.69) is 20.6 Å². The summed E-state index contributed by atoms with van der Waals surface area (Å²) in [6.45, 7) is 4.60. The van der Waals surface area contributed by atoms with Crippen LogP contribution in [0.5, 0.6) is 0 Å². The lowest BCUT2D eigenvalue weighted by Gasteiger charge is -2.13. The third kappa shape index (κ3) is 6.47. The summed E-state index contributed by atoms with van der Waals surface area (Å²) in [4.78, 5) is 14.2. The van der Waals surface area contributed by atoms with Crippen LogP contribution >= 0.6 is 0 Å². The van der Waals surface area contributed by atoms with Crippen molar-refractivity contribution in [3.05, 3.63) is 12.3 Å². The van der Waals surface area contributed by atoms with Gasteiger partial charge in [0.1, 0.15) is 0 Å². The summed E-state index contributed by atoms with van der Waals surface area (Å²) in [6, 6.07) is 1.60. The molecule has 2 heterocycles. The monoisotopic (exact) mass is 307 g/mol. The van der Waals surface area contributed by atoms with Crippen molar-refractivity contribution in [1.82, 2.24) is 20.0 Å². The quantitative estimate of drug-likeness (QED) is 0.689. The first-order valence-corrected chi connectivity index (χ1v) is 8.51. The average Bonchev–Trinajstić information content (AvgIpc) is 3.13. The van der Waals surface area contributed by atoms with E-state index in [0.29, 0.717) is 5.82 Å². The van der Waals surface area contributed by atoms with E-state index in [1.54, 1.807) is 16.9 Å². The Kier molecular flexibility index (Phi) is 7.22. The number of nitrogens with one attached hydrogen (secondary N) is 2. The smallest absolute Gasteiger partial charge is 0.320 e. The number of hydrogen-bond acceptors (Lipinski definition) is 3. The van der Waals surface area contributed by atoms with E-state index < -0.39 is 0 Å². The van der Waals surface area contributed by atoms with Crippen LogP contribution in [-0.2, 0) is 7.05 Å². The normalized spacial score (nSPS) is 15.1. The van der Waals surface area contributed by atoms with E-state index in [4.69, 9.17) is 0 Å². The molecule has 0 aliphatic carbocycles. The van der Waals surface area contributed by atoms with Crippen molar-refractivity contribution in [3.8, 4) is 0 Å². The number of anilines is 1. The van der Waals surface area contributed by atoms with E-state index >= 15 is 0 Å². The second-order valence-electron chi connectivity index (χ2n) is 6.07. The summed E-state index contributed by atoms with van der Waals surface area (Å²) < 4.78 is 1.66. The zero-order valence-corrected chi connectivity index (χ0v) is 13.7. The molecule has 0 saturated carbocycles. The lowest BCUT2D eigenvalue weighted by Crippen LogP contribution is -2.29. The van der Waals surface area contributed by atoms with Crippen molar-refractivity contribution >= 4 is 11.8 Å². The highest BCUT2D eigenvalue weighted by Crippen LogP contribution is 2.10. The summed E-state index contributed by atoms with van der Waals surface area (Å²) in [5.41, 5.74) is 0. The zero-order chi connectivity index (χ0) is 15.6. The number of carbonyl (C=O) groups excluding carboxylic acids is 1. The van der Waals surface area contributed by atoms with Gasteiger partial charge in [-0.25, -0.2) is 4.79 Å². The molecule has 6 heteroatoms. The van der Waals surface area contributed by atoms with Crippen LogP contribution in [0.2, 0.25) is 0 Å². The van der Waals surface area contributed by atoms with Crippen LogP contribution in [0, 0.1) is 0 Å². The summed E-state index contributed by atoms with van der Waals surface area (Å²) in [7, 11) is 1.83. The average molecular weight is 307 g/mol. The topological polar surface area (TPSA) is 62.2 Å². The van der Waals surface area contributed by atoms with Crippen molar-refractivity contribution < 1.29 is 4.79 Å². The molecule has 6 nitrogen and oxygen atoms in total. The van der Waals surface area contributed by atoms with Crippen molar-refractivity contribution in [3.63, 3.8) is 0 Å². The van der Waals surface area contributed by atoms with Crippen molar-refractivity contribution in [2.45, 2.75) is 44.9 Å². The molecule has 1 fully saturated rings. The summed E-state index contributed by atoms with van der Waals surface area (Å²) >= 11 is 0. The number of unbranched alkanes of at least 4 members (excludes halogenated alkanes) is 4. The van der Waals surface area contributed by atoms with Gasteiger partial charge in [0.25, 0.3) is 0 Å². The molecule has 0 atom stereocenters. The van der Waals surface area contributed by atoms with Crippen LogP contribution in [0.25, 0.3) is 0 Å². The standard InChI is InChI=1S/C16H29N5O/c1-20-14-9-15(19-20)18-16(22)17-10-5-3-2-4-6-11-21-12-7-8-13-21/h9,14H,2-8,10-13H2,1H3,(H2,17,18,19,22). The van der Waals surface area contributed by atoms with Crippen LogP contribution < -0.4 is 10.6 Å². The predicted octanol–water partition coefficient (Wildman–Crippen LogP) is 2.59. The highest BCUT2D eigenvalue weighted by Gasteiger charge is 2.09. The van der Waals surface area contributed by atoms with Gasteiger partial charge < -0.3 is 10.2 Å². The van der Waals surface area contributed by atoms with Crippen LogP contribution in [-0.4, -0.2) is 46.9 Å². The lowest BCUT2D eigenvalue weighted by atomic mass is 10.1. The van der Waals surface area contributed by atoms with E-state index in [9.17, 15) is 4.79 Å². The Hall–Kier alpha value is -1.56. The fraction of sp³-hybridized carbons (Fsp3) is 0.750. The highest BCUT2D eigenvalue weighted by molar-refractivity contribution is 5.88. The maximum atomic E-state index is 11.6. The third-order valence-corrected chi connectivity index (χ3v) is 4.09. The van der Waals surface area contributed by atoms with Gasteiger partial charge in [-0.15, -0.1) is 0 Å². The number of aryl methyl sites for hydroxylation is 1. The largest absolute Gasteiger partial charge is 0.338 e. The molecule has 124 valence electrons. The minimum absolute atomic E-state index is 0.173. The Morgan fingerprint density at radius 1 is 1.18 bits per heavy atom. The first-order valence-electron chi connectivity index (χ1n) is 8.51. The number of nitrogens with zero attached hydrogens (tertiary/aromatic N) is 3. The van der Waals surface area contributed by atoms with Crippen molar-refractivity contribution in [1.29, 1.82) is 0 Å². The van der Waals surface area contributed by atoms with Crippen molar-refractivity contribution in [2.24, 2.45) is 7.05 Å². The van der Waals surface area contributed by atoms with E-state index in [-0.39, 0.29) is 6.03 Å². The fourth-order valence-electron chi connectivity index (χ4n) is 2.84. The van der Waals surface area contributed by atoms with E-state index in [1.807, 2.05) is 7.05 Å². The maximum absolute atomic E-state index is 11.6. The number of likely N-dealkylation sites (tertiary alicyclic amines) is 1. The van der Waals surface area contributed by atoms with Gasteiger partial charge in [0.15, 0.2) is 5.82 Å². The summed E-state index contributed by atoms with van der Waals surface area (Å²) in [5.74, 6) is 0.585. The minimum Gasteiger partial charge on any atom is -0.338 e. The SMILES string of the molecule is Cn1ccc(NC(=O)NCCCCCCCN2CCCC2)n1. The molecule has 0 unspecified atom stereocenters. The molecule has 1 aromatic rings. The Bertz CT molecular complexity index is 439. The molecular formula is C16H29N5O. The number of aromatic nitrogens is 2. The molecule has 22 heavy (non-hydrogen) atoms. The molecule has 2 amide bonds. The number of carbonyl (C=O) groups is 1. The van der Waals surface area contributed by atoms with Gasteiger partial charge in [0.2, 0.25) is 0 Å². The van der Waals surface area contributed by atoms with Gasteiger partial charge in [-0.2, -0.15) is 5.10 Å². The lowest BCUT2D eigenvalue weighted by molar-refractivity contribution is 0.251. The van der Waals surface area contributed by atoms with Gasteiger partial charge in [0.05, 0.1) is 0 Å². The Labute approximate surface area is 133 Å². The fourth-order valence-corrected chi connectivity index (χ4v) is 2.84. The molecule has 0 spiro atoms. The molecule has 0 bridgehead atoms. The van der Waals surface area contributed by atoms with Crippen molar-refractivity contribution in [2.75, 3.05) is 31.5 Å². The molecule has 1 aromatic heterocycles. The van der Waals surface area contributed by atoms with E-state index in [1.165, 1.54) is 58.2 Å². The molecule has 2 N–H and O–H groups in total. The molecule has 0 radical (unpaired) electrons. The molecule has 1 aliphatic rings. The molecule has 2 rings (SSSR count). The van der Waals surface area contributed by atoms with Gasteiger partial charge >= 0.3 is 6.03 Å². The van der Waals surface area contributed by atoms with Crippen LogP contribution in [0.3, 0.4) is 0 Å². The number of hydrogen-bond donors (Lipinski definition) is 2. The maximum Gasteiger partial charge on any atom is 0.320 e. The number of amides is 2. The second kappa shape index (κ2) is 9.46. The summed E-state index contributed by atoms with van der Waals surface area (Å²) in [6.07, 6.45) is 10.7. The van der Waals surface area contributed by atoms with E-state index in [0.717, 1.165) is 13.0 Å². The Morgan fingerprint density at radius 3 is 2.64 bits per heavy atom.